The number of aromatic amines is 1. The number of benzene rings is 1. The van der Waals surface area contributed by atoms with E-state index in [-0.39, 0.29) is 41.5 Å². The van der Waals surface area contributed by atoms with E-state index in [1.807, 2.05) is 0 Å². The number of H-pyrrole nitrogens is 1. The average molecular weight is 637 g/mol. The van der Waals surface area contributed by atoms with Gasteiger partial charge in [0.15, 0.2) is 0 Å². The van der Waals surface area contributed by atoms with E-state index < -0.39 is 71.2 Å². The Bertz CT molecular complexity index is 1770. The van der Waals surface area contributed by atoms with E-state index in [0.717, 1.165) is 29.1 Å². The number of halogens is 9. The number of nitrogens with two attached hydrogens (primary N) is 1. The Morgan fingerprint density at radius 2 is 1.80 bits per heavy atom. The van der Waals surface area contributed by atoms with Gasteiger partial charge < -0.3 is 15.8 Å². The fraction of sp³-hybridized carbons (Fsp3) is 0.320. The second-order valence-electron chi connectivity index (χ2n) is 9.28. The predicted octanol–water partition coefficient (Wildman–Crippen LogP) is 4.80. The van der Waals surface area contributed by atoms with Gasteiger partial charge in [0.05, 0.1) is 47.0 Å². The number of hydrogen-bond donors (Lipinski definition) is 3. The first-order valence-corrected chi connectivity index (χ1v) is 12.4. The summed E-state index contributed by atoms with van der Waals surface area (Å²) in [4.78, 5) is 32.4. The Kier molecular flexibility index (Phi) is 9.17. The van der Waals surface area contributed by atoms with Crippen molar-refractivity contribution in [3.63, 3.8) is 0 Å². The van der Waals surface area contributed by atoms with Crippen LogP contribution in [0.4, 0.5) is 51.0 Å². The highest BCUT2D eigenvalue weighted by Crippen LogP contribution is 2.35. The Balaban J connectivity index is 1.54. The zero-order valence-corrected chi connectivity index (χ0v) is 21.9. The average Bonchev–Trinajstić information content (AvgIpc) is 2.91. The van der Waals surface area contributed by atoms with Crippen molar-refractivity contribution in [2.45, 2.75) is 44.4 Å². The van der Waals surface area contributed by atoms with Crippen LogP contribution < -0.4 is 22.2 Å². The number of nitrogen functional groups attached to an aromatic ring is 1. The van der Waals surface area contributed by atoms with Crippen molar-refractivity contribution in [3.8, 4) is 11.3 Å². The topological polar surface area (TPSA) is 141 Å². The summed E-state index contributed by atoms with van der Waals surface area (Å²) >= 11 is 0. The SMILES string of the molecule is Nc1nc(-c2cc3ncn(CCC[C@H](COC(F)F)Nc4cn[nH]c(=O)c4C(F)(F)F)c(=O)c3cc2F)ccc1C(F)(F)F. The van der Waals surface area contributed by atoms with Crippen LogP contribution in [0.1, 0.15) is 24.0 Å². The zero-order chi connectivity index (χ0) is 32.4. The van der Waals surface area contributed by atoms with Crippen LogP contribution in [0.5, 0.6) is 0 Å². The molecule has 0 saturated carbocycles. The first-order valence-electron chi connectivity index (χ1n) is 12.4. The number of ether oxygens (including phenoxy) is 1. The fourth-order valence-electron chi connectivity index (χ4n) is 4.30. The molecular formula is C25H20F9N7O3. The first-order chi connectivity index (χ1) is 20.6. The number of hydrogen-bond acceptors (Lipinski definition) is 8. The van der Waals surface area contributed by atoms with Crippen molar-refractivity contribution in [2.24, 2.45) is 0 Å². The molecular weight excluding hydrogens is 617 g/mol. The van der Waals surface area contributed by atoms with E-state index in [4.69, 9.17) is 5.73 Å². The van der Waals surface area contributed by atoms with Gasteiger partial charge in [0, 0.05) is 18.2 Å². The maximum Gasteiger partial charge on any atom is 0.423 e. The van der Waals surface area contributed by atoms with Crippen molar-refractivity contribution in [1.29, 1.82) is 0 Å². The van der Waals surface area contributed by atoms with Crippen LogP contribution in [0, 0.1) is 5.82 Å². The van der Waals surface area contributed by atoms with Gasteiger partial charge in [-0.15, -0.1) is 0 Å². The van der Waals surface area contributed by atoms with Crippen molar-refractivity contribution in [1.82, 2.24) is 24.7 Å². The number of rotatable bonds is 10. The number of aromatic nitrogens is 5. The molecule has 1 atom stereocenters. The molecule has 1 aromatic carbocycles. The van der Waals surface area contributed by atoms with E-state index in [9.17, 15) is 49.1 Å². The quantitative estimate of drug-likeness (QED) is 0.211. The van der Waals surface area contributed by atoms with E-state index in [1.165, 1.54) is 0 Å². The number of pyridine rings is 1. The number of fused-ring (bicyclic) bond motifs is 1. The maximum absolute atomic E-state index is 15.0. The van der Waals surface area contributed by atoms with Crippen LogP contribution in [0.15, 0.2) is 46.4 Å². The highest BCUT2D eigenvalue weighted by Gasteiger charge is 2.38. The molecule has 0 aliphatic rings. The smallest absolute Gasteiger partial charge is 0.383 e. The molecule has 0 radical (unpaired) electrons. The first kappa shape index (κ1) is 32.2. The summed E-state index contributed by atoms with van der Waals surface area (Å²) in [5.74, 6) is -1.89. The summed E-state index contributed by atoms with van der Waals surface area (Å²) in [6.07, 6.45) is -8.29. The lowest BCUT2D eigenvalue weighted by atomic mass is 10.1. The molecule has 3 heterocycles. The minimum Gasteiger partial charge on any atom is -0.383 e. The third-order valence-corrected chi connectivity index (χ3v) is 6.29. The molecule has 44 heavy (non-hydrogen) atoms. The minimum absolute atomic E-state index is 0.00928. The van der Waals surface area contributed by atoms with Crippen molar-refractivity contribution in [2.75, 3.05) is 17.7 Å². The normalized spacial score (nSPS) is 13.0. The molecule has 4 N–H and O–H groups in total. The fourth-order valence-corrected chi connectivity index (χ4v) is 4.30. The number of nitrogens with one attached hydrogen (secondary N) is 2. The zero-order valence-electron chi connectivity index (χ0n) is 21.9. The van der Waals surface area contributed by atoms with Gasteiger partial charge in [-0.2, -0.15) is 40.2 Å². The molecule has 19 heteroatoms. The van der Waals surface area contributed by atoms with Crippen molar-refractivity contribution >= 4 is 22.4 Å². The van der Waals surface area contributed by atoms with Gasteiger partial charge >= 0.3 is 19.0 Å². The number of aryl methyl sites for hydroxylation is 1. The second-order valence-corrected chi connectivity index (χ2v) is 9.28. The lowest BCUT2D eigenvalue weighted by Gasteiger charge is -2.22. The molecule has 0 aliphatic carbocycles. The van der Waals surface area contributed by atoms with Gasteiger partial charge in [0.1, 0.15) is 17.2 Å². The van der Waals surface area contributed by atoms with Gasteiger partial charge in [-0.1, -0.05) is 0 Å². The third-order valence-electron chi connectivity index (χ3n) is 6.29. The molecule has 0 aliphatic heterocycles. The van der Waals surface area contributed by atoms with Crippen molar-refractivity contribution in [3.05, 3.63) is 74.4 Å². The number of alkyl halides is 8. The summed E-state index contributed by atoms with van der Waals surface area (Å²) in [6, 6.07) is 2.26. The molecule has 0 fully saturated rings. The highest BCUT2D eigenvalue weighted by molar-refractivity contribution is 5.83. The molecule has 0 unspecified atom stereocenters. The van der Waals surface area contributed by atoms with Crippen LogP contribution in [0.2, 0.25) is 0 Å². The van der Waals surface area contributed by atoms with Crippen LogP contribution >= 0.6 is 0 Å². The Labute approximate surface area is 239 Å². The number of anilines is 2. The van der Waals surface area contributed by atoms with E-state index >= 15 is 0 Å². The van der Waals surface area contributed by atoms with Gasteiger partial charge in [-0.05, 0) is 37.1 Å². The minimum atomic E-state index is -5.10. The lowest BCUT2D eigenvalue weighted by molar-refractivity contribution is -0.139. The molecule has 3 aromatic heterocycles. The molecule has 10 nitrogen and oxygen atoms in total. The van der Waals surface area contributed by atoms with Crippen LogP contribution in [-0.2, 0) is 23.6 Å². The van der Waals surface area contributed by atoms with Gasteiger partial charge in [-0.25, -0.2) is 19.5 Å². The number of nitrogens with zero attached hydrogens (tertiary/aromatic N) is 4. The molecule has 0 amide bonds. The predicted molar refractivity (Wildman–Crippen MR) is 137 cm³/mol. The molecule has 4 rings (SSSR count). The largest absolute Gasteiger partial charge is 0.423 e. The van der Waals surface area contributed by atoms with E-state index in [1.54, 1.807) is 5.10 Å². The van der Waals surface area contributed by atoms with E-state index in [0.29, 0.717) is 12.3 Å². The Hall–Kier alpha value is -4.68. The Morgan fingerprint density at radius 3 is 2.43 bits per heavy atom. The van der Waals surface area contributed by atoms with Gasteiger partial charge in [0.25, 0.3) is 11.1 Å². The van der Waals surface area contributed by atoms with E-state index in [2.05, 4.69) is 25.1 Å². The summed E-state index contributed by atoms with van der Waals surface area (Å²) < 4.78 is 125. The third kappa shape index (κ3) is 7.26. The molecule has 0 bridgehead atoms. The standard InChI is InChI=1S/C25H20F9N7O3/c26-15-6-13-17(7-12(15)16-4-3-14(20(35)39-16)24(29,30)31)36-10-41(22(13)43)5-1-2-11(9-44-23(27)28)38-18-8-37-40-21(42)19(18)25(32,33)34/h3-4,6-8,10-11,23H,1-2,5,9H2,(H2,35,39)(H2,38,40,42)/t11-/m1/s1. The second kappa shape index (κ2) is 12.5. The van der Waals surface area contributed by atoms with Gasteiger partial charge in [-0.3, -0.25) is 14.2 Å². The summed E-state index contributed by atoms with van der Waals surface area (Å²) in [7, 11) is 0. The summed E-state index contributed by atoms with van der Waals surface area (Å²) in [5.41, 5.74) is -1.07. The van der Waals surface area contributed by atoms with Gasteiger partial charge in [0.2, 0.25) is 0 Å². The summed E-state index contributed by atoms with van der Waals surface area (Å²) in [5, 5.41) is 7.06. The monoisotopic (exact) mass is 637 g/mol. The molecule has 0 spiro atoms. The van der Waals surface area contributed by atoms with Crippen LogP contribution in [0.25, 0.3) is 22.2 Å². The lowest BCUT2D eigenvalue weighted by Crippen LogP contribution is -2.32. The van der Waals surface area contributed by atoms with Crippen LogP contribution in [0.3, 0.4) is 0 Å². The molecule has 4 aromatic rings. The summed E-state index contributed by atoms with van der Waals surface area (Å²) in [6.45, 7) is -4.17. The Morgan fingerprint density at radius 1 is 1.07 bits per heavy atom. The molecule has 0 saturated heterocycles. The van der Waals surface area contributed by atoms with Crippen LogP contribution in [-0.4, -0.2) is 44.0 Å². The van der Waals surface area contributed by atoms with Crippen molar-refractivity contribution < 1.29 is 44.3 Å². The highest BCUT2D eigenvalue weighted by atomic mass is 19.4. The maximum atomic E-state index is 15.0. The molecule has 236 valence electrons.